The molecule has 1 heterocycles. The number of rotatable bonds is 3. The van der Waals surface area contributed by atoms with E-state index in [9.17, 15) is 4.79 Å². The number of halogens is 1. The number of hydrogen-bond acceptors (Lipinski definition) is 2. The maximum absolute atomic E-state index is 11.1. The molecule has 0 spiro atoms. The van der Waals surface area contributed by atoms with Gasteiger partial charge in [-0.05, 0) is 0 Å². The van der Waals surface area contributed by atoms with E-state index in [4.69, 9.17) is 16.0 Å². The Hall–Kier alpha value is -1.48. The molecule has 3 nitrogen and oxygen atoms in total. The van der Waals surface area contributed by atoms with Crippen LogP contribution < -0.4 is 5.76 Å². The van der Waals surface area contributed by atoms with E-state index in [0.717, 1.165) is 11.3 Å². The first-order valence-corrected chi connectivity index (χ1v) is 5.18. The van der Waals surface area contributed by atoms with Crippen molar-refractivity contribution in [3.63, 3.8) is 0 Å². The quantitative estimate of drug-likeness (QED) is 0.813. The molecule has 1 aromatic heterocycles. The van der Waals surface area contributed by atoms with Crippen LogP contribution in [0, 0.1) is 0 Å². The second-order valence-electron chi connectivity index (χ2n) is 3.12. The van der Waals surface area contributed by atoms with E-state index in [2.05, 4.69) is 4.98 Å². The monoisotopic (exact) mass is 223 g/mol. The van der Waals surface area contributed by atoms with Gasteiger partial charge in [0.05, 0.1) is 5.69 Å². The maximum Gasteiger partial charge on any atom is 0.416 e. The lowest BCUT2D eigenvalue weighted by molar-refractivity contribution is 0.475. The summed E-state index contributed by atoms with van der Waals surface area (Å²) in [6.45, 7) is 0. The molecule has 0 radical (unpaired) electrons. The maximum atomic E-state index is 11.1. The lowest BCUT2D eigenvalue weighted by Crippen LogP contribution is -1.94. The summed E-state index contributed by atoms with van der Waals surface area (Å²) in [5.74, 6) is 0.607. The molecule has 0 fully saturated rings. The number of aromatic nitrogens is 1. The minimum Gasteiger partial charge on any atom is -0.412 e. The third-order valence-electron chi connectivity index (χ3n) is 2.11. The van der Waals surface area contributed by atoms with E-state index in [1.165, 1.54) is 0 Å². The van der Waals surface area contributed by atoms with Crippen molar-refractivity contribution >= 4 is 11.6 Å². The van der Waals surface area contributed by atoms with Crippen LogP contribution in [0.15, 0.2) is 39.5 Å². The zero-order chi connectivity index (χ0) is 10.7. The predicted molar refractivity (Wildman–Crippen MR) is 59.2 cm³/mol. The lowest BCUT2D eigenvalue weighted by atomic mass is 10.1. The molecule has 2 aromatic rings. The number of nitrogens with one attached hydrogen (secondary N) is 1. The van der Waals surface area contributed by atoms with Crippen molar-refractivity contribution in [1.82, 2.24) is 4.98 Å². The van der Waals surface area contributed by atoms with Crippen molar-refractivity contribution in [2.24, 2.45) is 0 Å². The number of benzene rings is 1. The third-order valence-corrected chi connectivity index (χ3v) is 2.29. The van der Waals surface area contributed by atoms with Gasteiger partial charge in [-0.3, -0.25) is 4.98 Å². The Morgan fingerprint density at radius 3 is 2.67 bits per heavy atom. The van der Waals surface area contributed by atoms with Gasteiger partial charge in [-0.2, -0.15) is 0 Å². The summed E-state index contributed by atoms with van der Waals surface area (Å²) in [5, 5.41) is 0. The Morgan fingerprint density at radius 1 is 1.27 bits per heavy atom. The minimum atomic E-state index is -0.436. The molecule has 2 rings (SSSR count). The molecule has 0 aliphatic carbocycles. The van der Waals surface area contributed by atoms with Gasteiger partial charge in [0.2, 0.25) is 0 Å². The number of aromatic amines is 1. The van der Waals surface area contributed by atoms with Gasteiger partial charge in [-0.25, -0.2) is 4.79 Å². The number of H-pyrrole nitrogens is 1. The fraction of sp³-hybridized carbons (Fsp3) is 0.182. The lowest BCUT2D eigenvalue weighted by Gasteiger charge is -1.98. The normalized spacial score (nSPS) is 10.5. The molecule has 0 amide bonds. The molecule has 0 aliphatic heterocycles. The van der Waals surface area contributed by atoms with Crippen LogP contribution in [-0.2, 0) is 6.42 Å². The van der Waals surface area contributed by atoms with Crippen molar-refractivity contribution in [3.8, 4) is 11.3 Å². The van der Waals surface area contributed by atoms with E-state index < -0.39 is 5.76 Å². The van der Waals surface area contributed by atoms with Crippen LogP contribution in [0.5, 0.6) is 0 Å². The highest BCUT2D eigenvalue weighted by molar-refractivity contribution is 6.18. The Labute approximate surface area is 91.7 Å². The molecule has 0 bridgehead atoms. The molecule has 0 atom stereocenters. The molecule has 0 unspecified atom stereocenters. The van der Waals surface area contributed by atoms with Crippen molar-refractivity contribution in [2.75, 3.05) is 5.88 Å². The SMILES string of the molecule is O=c1[nH]c(-c2ccccc2)c(CCCl)o1. The summed E-state index contributed by atoms with van der Waals surface area (Å²) in [7, 11) is 0. The van der Waals surface area contributed by atoms with E-state index in [0.29, 0.717) is 18.1 Å². The highest BCUT2D eigenvalue weighted by Crippen LogP contribution is 2.20. The Kier molecular flexibility index (Phi) is 2.92. The van der Waals surface area contributed by atoms with Gasteiger partial charge >= 0.3 is 5.76 Å². The van der Waals surface area contributed by atoms with Gasteiger partial charge in [0, 0.05) is 17.9 Å². The zero-order valence-electron chi connectivity index (χ0n) is 8.00. The van der Waals surface area contributed by atoms with Gasteiger partial charge in [-0.1, -0.05) is 30.3 Å². The first-order chi connectivity index (χ1) is 7.31. The third kappa shape index (κ3) is 2.13. The summed E-state index contributed by atoms with van der Waals surface area (Å²) in [6.07, 6.45) is 0.546. The van der Waals surface area contributed by atoms with E-state index in [-0.39, 0.29) is 0 Å². The molecule has 0 aliphatic rings. The molecule has 4 heteroatoms. The first-order valence-electron chi connectivity index (χ1n) is 4.64. The molecule has 0 saturated carbocycles. The van der Waals surface area contributed by atoms with Gasteiger partial charge < -0.3 is 4.42 Å². The van der Waals surface area contributed by atoms with Gasteiger partial charge in [0.25, 0.3) is 0 Å². The molecule has 78 valence electrons. The van der Waals surface area contributed by atoms with E-state index in [1.807, 2.05) is 30.3 Å². The van der Waals surface area contributed by atoms with Crippen molar-refractivity contribution < 1.29 is 4.42 Å². The van der Waals surface area contributed by atoms with Crippen molar-refractivity contribution in [3.05, 3.63) is 46.6 Å². The van der Waals surface area contributed by atoms with Crippen LogP contribution in [0.4, 0.5) is 0 Å². The predicted octanol–water partition coefficient (Wildman–Crippen LogP) is 2.42. The molecule has 1 aromatic carbocycles. The van der Waals surface area contributed by atoms with Crippen LogP contribution in [0.2, 0.25) is 0 Å². The standard InChI is InChI=1S/C11H10ClNO2/c12-7-6-9-10(13-11(14)15-9)8-4-2-1-3-5-8/h1-5H,6-7H2,(H,13,14). The van der Waals surface area contributed by atoms with Crippen LogP contribution in [0.3, 0.4) is 0 Å². The highest BCUT2D eigenvalue weighted by Gasteiger charge is 2.10. The number of alkyl halides is 1. The average Bonchev–Trinajstić information content (AvgIpc) is 2.62. The largest absolute Gasteiger partial charge is 0.416 e. The number of oxazole rings is 1. The van der Waals surface area contributed by atoms with Gasteiger partial charge in [0.1, 0.15) is 5.76 Å². The summed E-state index contributed by atoms with van der Waals surface area (Å²) in [6, 6.07) is 9.57. The summed E-state index contributed by atoms with van der Waals surface area (Å²) in [4.78, 5) is 13.8. The molecular weight excluding hydrogens is 214 g/mol. The second kappa shape index (κ2) is 4.36. The van der Waals surface area contributed by atoms with Crippen LogP contribution >= 0.6 is 11.6 Å². The Balaban J connectivity index is 2.48. The average molecular weight is 224 g/mol. The molecular formula is C11H10ClNO2. The second-order valence-corrected chi connectivity index (χ2v) is 3.50. The number of aryl methyl sites for hydroxylation is 1. The summed E-state index contributed by atoms with van der Waals surface area (Å²) >= 11 is 5.63. The molecule has 1 N–H and O–H groups in total. The first kappa shape index (κ1) is 10.1. The van der Waals surface area contributed by atoms with Gasteiger partial charge in [-0.15, -0.1) is 11.6 Å². The Bertz CT molecular complexity index is 487. The number of hydrogen-bond donors (Lipinski definition) is 1. The molecule has 15 heavy (non-hydrogen) atoms. The topological polar surface area (TPSA) is 46.0 Å². The summed E-state index contributed by atoms with van der Waals surface area (Å²) in [5.41, 5.74) is 1.66. The summed E-state index contributed by atoms with van der Waals surface area (Å²) < 4.78 is 5.01. The highest BCUT2D eigenvalue weighted by atomic mass is 35.5. The van der Waals surface area contributed by atoms with Crippen LogP contribution in [0.25, 0.3) is 11.3 Å². The fourth-order valence-electron chi connectivity index (χ4n) is 1.46. The zero-order valence-corrected chi connectivity index (χ0v) is 8.75. The van der Waals surface area contributed by atoms with Gasteiger partial charge in [0.15, 0.2) is 0 Å². The fourth-order valence-corrected chi connectivity index (χ4v) is 1.63. The minimum absolute atomic E-state index is 0.431. The van der Waals surface area contributed by atoms with E-state index in [1.54, 1.807) is 0 Å². The smallest absolute Gasteiger partial charge is 0.412 e. The van der Waals surface area contributed by atoms with Crippen molar-refractivity contribution in [2.45, 2.75) is 6.42 Å². The van der Waals surface area contributed by atoms with E-state index >= 15 is 0 Å². The van der Waals surface area contributed by atoms with Crippen LogP contribution in [-0.4, -0.2) is 10.9 Å². The Morgan fingerprint density at radius 2 is 2.00 bits per heavy atom. The van der Waals surface area contributed by atoms with Crippen molar-refractivity contribution in [1.29, 1.82) is 0 Å². The van der Waals surface area contributed by atoms with Crippen LogP contribution in [0.1, 0.15) is 5.76 Å². The molecule has 0 saturated heterocycles.